The standard InChI is InChI=1S/C14H13N2/c1-10-13-7-11-5-3-4-6-12(11)8-14(13)15-9-16(10)2/h3-9H,1-2H3/q+1. The molecule has 0 amide bonds. The fourth-order valence-corrected chi connectivity index (χ4v) is 2.05. The first-order valence-corrected chi connectivity index (χ1v) is 5.39. The minimum absolute atomic E-state index is 1.06. The van der Waals surface area contributed by atoms with Gasteiger partial charge in [0.1, 0.15) is 5.69 Å². The summed E-state index contributed by atoms with van der Waals surface area (Å²) in [4.78, 5) is 4.45. The van der Waals surface area contributed by atoms with Gasteiger partial charge in [-0.15, -0.1) is 0 Å². The SMILES string of the molecule is Cc1c2cc3ccccc3cc2nc[n+]1C. The Balaban J connectivity index is 2.51. The molecule has 0 spiro atoms. The second-order valence-corrected chi connectivity index (χ2v) is 4.16. The highest BCUT2D eigenvalue weighted by molar-refractivity contribution is 5.96. The molecule has 0 aliphatic carbocycles. The third kappa shape index (κ3) is 1.27. The van der Waals surface area contributed by atoms with Crippen LogP contribution >= 0.6 is 0 Å². The molecule has 0 bridgehead atoms. The summed E-state index contributed by atoms with van der Waals surface area (Å²) in [5.74, 6) is 0. The molecule has 0 fully saturated rings. The predicted octanol–water partition coefficient (Wildman–Crippen LogP) is 2.52. The van der Waals surface area contributed by atoms with Crippen LogP contribution < -0.4 is 4.57 Å². The van der Waals surface area contributed by atoms with Gasteiger partial charge in [0.25, 0.3) is 6.33 Å². The van der Waals surface area contributed by atoms with E-state index in [1.54, 1.807) is 0 Å². The third-order valence-electron chi connectivity index (χ3n) is 3.15. The largest absolute Gasteiger partial charge is 0.286 e. The van der Waals surface area contributed by atoms with Crippen molar-refractivity contribution in [1.29, 1.82) is 0 Å². The Kier molecular flexibility index (Phi) is 1.90. The van der Waals surface area contributed by atoms with E-state index in [9.17, 15) is 0 Å². The van der Waals surface area contributed by atoms with Gasteiger partial charge in [-0.2, -0.15) is 0 Å². The minimum Gasteiger partial charge on any atom is -0.237 e. The first-order chi connectivity index (χ1) is 7.75. The average molecular weight is 209 g/mol. The van der Waals surface area contributed by atoms with Gasteiger partial charge in [-0.25, -0.2) is 4.57 Å². The van der Waals surface area contributed by atoms with Crippen LogP contribution in [0, 0.1) is 6.92 Å². The molecule has 2 aromatic carbocycles. The summed E-state index contributed by atoms with van der Waals surface area (Å²) in [6, 6.07) is 12.8. The lowest BCUT2D eigenvalue weighted by atomic mass is 10.1. The van der Waals surface area contributed by atoms with Crippen LogP contribution in [-0.4, -0.2) is 4.98 Å². The Bertz CT molecular complexity index is 687. The third-order valence-corrected chi connectivity index (χ3v) is 3.15. The van der Waals surface area contributed by atoms with Crippen LogP contribution in [0.4, 0.5) is 0 Å². The zero-order valence-electron chi connectivity index (χ0n) is 9.44. The van der Waals surface area contributed by atoms with Crippen molar-refractivity contribution in [1.82, 2.24) is 4.98 Å². The number of aromatic nitrogens is 2. The summed E-state index contributed by atoms with van der Waals surface area (Å²) >= 11 is 0. The molecule has 0 atom stereocenters. The van der Waals surface area contributed by atoms with Crippen LogP contribution in [0.5, 0.6) is 0 Å². The molecule has 16 heavy (non-hydrogen) atoms. The normalized spacial score (nSPS) is 11.1. The van der Waals surface area contributed by atoms with E-state index in [0.717, 1.165) is 5.52 Å². The van der Waals surface area contributed by atoms with Crippen molar-refractivity contribution < 1.29 is 4.57 Å². The van der Waals surface area contributed by atoms with Gasteiger partial charge in [0.2, 0.25) is 0 Å². The highest BCUT2D eigenvalue weighted by atomic mass is 15.0. The van der Waals surface area contributed by atoms with E-state index in [4.69, 9.17) is 0 Å². The molecule has 3 aromatic rings. The van der Waals surface area contributed by atoms with Crippen molar-refractivity contribution in [2.45, 2.75) is 6.92 Å². The fourth-order valence-electron chi connectivity index (χ4n) is 2.05. The van der Waals surface area contributed by atoms with E-state index in [2.05, 4.69) is 52.9 Å². The number of rotatable bonds is 0. The number of hydrogen-bond acceptors (Lipinski definition) is 1. The van der Waals surface area contributed by atoms with Gasteiger partial charge in [-0.1, -0.05) is 24.3 Å². The van der Waals surface area contributed by atoms with Gasteiger partial charge in [0.05, 0.1) is 12.4 Å². The van der Waals surface area contributed by atoms with E-state index < -0.39 is 0 Å². The Hall–Kier alpha value is -1.96. The number of aryl methyl sites for hydroxylation is 2. The Morgan fingerprint density at radius 1 is 1.06 bits per heavy atom. The van der Waals surface area contributed by atoms with Crippen molar-refractivity contribution in [3.05, 3.63) is 48.4 Å². The van der Waals surface area contributed by atoms with Crippen LogP contribution in [0.25, 0.3) is 21.7 Å². The first-order valence-electron chi connectivity index (χ1n) is 5.39. The molecule has 1 aromatic heterocycles. The second-order valence-electron chi connectivity index (χ2n) is 4.16. The second kappa shape index (κ2) is 3.27. The molecule has 0 aliphatic heterocycles. The van der Waals surface area contributed by atoms with Crippen LogP contribution in [0.15, 0.2) is 42.7 Å². The zero-order chi connectivity index (χ0) is 11.1. The van der Waals surface area contributed by atoms with E-state index >= 15 is 0 Å². The van der Waals surface area contributed by atoms with Gasteiger partial charge in [0.15, 0.2) is 5.52 Å². The molecule has 0 saturated carbocycles. The summed E-state index contributed by atoms with van der Waals surface area (Å²) < 4.78 is 2.05. The maximum atomic E-state index is 4.45. The molecular formula is C14H13N2+. The summed E-state index contributed by atoms with van der Waals surface area (Å²) in [6.07, 6.45) is 1.87. The van der Waals surface area contributed by atoms with Crippen LogP contribution in [0.3, 0.4) is 0 Å². The number of benzene rings is 2. The summed E-state index contributed by atoms with van der Waals surface area (Å²) in [5, 5.41) is 3.74. The quantitative estimate of drug-likeness (QED) is 0.410. The number of nitrogens with zero attached hydrogens (tertiary/aromatic N) is 2. The van der Waals surface area contributed by atoms with Crippen molar-refractivity contribution in [2.75, 3.05) is 0 Å². The fraction of sp³-hybridized carbons (Fsp3) is 0.143. The van der Waals surface area contributed by atoms with Gasteiger partial charge in [-0.05, 0) is 34.8 Å². The maximum absolute atomic E-state index is 4.45. The summed E-state index contributed by atoms with van der Waals surface area (Å²) in [7, 11) is 2.02. The Morgan fingerprint density at radius 2 is 1.75 bits per heavy atom. The molecule has 78 valence electrons. The topological polar surface area (TPSA) is 16.8 Å². The van der Waals surface area contributed by atoms with Crippen LogP contribution in [0.1, 0.15) is 5.69 Å². The molecule has 2 heteroatoms. The van der Waals surface area contributed by atoms with Crippen molar-refractivity contribution in [3.63, 3.8) is 0 Å². The van der Waals surface area contributed by atoms with Crippen molar-refractivity contribution >= 4 is 21.7 Å². The van der Waals surface area contributed by atoms with Gasteiger partial charge < -0.3 is 0 Å². The molecule has 1 heterocycles. The lowest BCUT2D eigenvalue weighted by Crippen LogP contribution is -2.32. The van der Waals surface area contributed by atoms with Crippen LogP contribution in [0.2, 0.25) is 0 Å². The molecule has 3 rings (SSSR count). The van der Waals surface area contributed by atoms with E-state index in [1.807, 2.05) is 13.4 Å². The summed E-state index contributed by atoms with van der Waals surface area (Å²) in [5.41, 5.74) is 2.31. The number of hydrogen-bond donors (Lipinski definition) is 0. The monoisotopic (exact) mass is 209 g/mol. The lowest BCUT2D eigenvalue weighted by molar-refractivity contribution is -0.679. The van der Waals surface area contributed by atoms with Crippen molar-refractivity contribution in [3.8, 4) is 0 Å². The lowest BCUT2D eigenvalue weighted by Gasteiger charge is -2.02. The van der Waals surface area contributed by atoms with Gasteiger partial charge >= 0.3 is 0 Å². The molecule has 0 radical (unpaired) electrons. The van der Waals surface area contributed by atoms with E-state index in [0.29, 0.717) is 0 Å². The van der Waals surface area contributed by atoms with E-state index in [1.165, 1.54) is 21.9 Å². The highest BCUT2D eigenvalue weighted by Gasteiger charge is 2.09. The molecule has 0 aliphatic rings. The molecule has 0 unspecified atom stereocenters. The van der Waals surface area contributed by atoms with Gasteiger partial charge in [-0.3, -0.25) is 0 Å². The highest BCUT2D eigenvalue weighted by Crippen LogP contribution is 2.21. The molecule has 2 nitrogen and oxygen atoms in total. The maximum Gasteiger partial charge on any atom is 0.286 e. The summed E-state index contributed by atoms with van der Waals surface area (Å²) in [6.45, 7) is 2.12. The molecular weight excluding hydrogens is 196 g/mol. The Labute approximate surface area is 94.2 Å². The molecule has 0 N–H and O–H groups in total. The van der Waals surface area contributed by atoms with Crippen LogP contribution in [-0.2, 0) is 7.05 Å². The minimum atomic E-state index is 1.06. The first kappa shape index (κ1) is 9.28. The van der Waals surface area contributed by atoms with Gasteiger partial charge in [0, 0.05) is 0 Å². The average Bonchev–Trinajstić information content (AvgIpc) is 2.32. The van der Waals surface area contributed by atoms with E-state index in [-0.39, 0.29) is 0 Å². The Morgan fingerprint density at radius 3 is 2.50 bits per heavy atom. The number of fused-ring (bicyclic) bond motifs is 2. The molecule has 0 saturated heterocycles. The zero-order valence-corrected chi connectivity index (χ0v) is 9.44. The van der Waals surface area contributed by atoms with Crippen molar-refractivity contribution in [2.24, 2.45) is 7.05 Å². The predicted molar refractivity (Wildman–Crippen MR) is 65.2 cm³/mol. The smallest absolute Gasteiger partial charge is 0.237 e.